The van der Waals surface area contributed by atoms with Gasteiger partial charge in [-0.3, -0.25) is 9.69 Å². The van der Waals surface area contributed by atoms with Crippen LogP contribution in [-0.4, -0.2) is 40.7 Å². The van der Waals surface area contributed by atoms with Gasteiger partial charge >= 0.3 is 5.97 Å². The van der Waals surface area contributed by atoms with Crippen LogP contribution in [0.1, 0.15) is 51.2 Å². The lowest BCUT2D eigenvalue weighted by Gasteiger charge is -2.26. The van der Waals surface area contributed by atoms with Crippen molar-refractivity contribution in [2.24, 2.45) is 5.92 Å². The molecule has 118 valence electrons. The van der Waals surface area contributed by atoms with E-state index < -0.39 is 0 Å². The number of nitrogens with zero attached hydrogens (tertiary/aromatic N) is 3. The number of aromatic nitrogens is 2. The third kappa shape index (κ3) is 4.81. The fourth-order valence-electron chi connectivity index (χ4n) is 2.78. The van der Waals surface area contributed by atoms with E-state index >= 15 is 0 Å². The van der Waals surface area contributed by atoms with Gasteiger partial charge in [-0.2, -0.15) is 4.98 Å². The predicted octanol–water partition coefficient (Wildman–Crippen LogP) is 2.19. The molecular weight excluding hydrogens is 270 g/mol. The molecule has 0 atom stereocenters. The molecule has 1 fully saturated rings. The molecule has 2 rings (SSSR count). The molecule has 0 radical (unpaired) electrons. The lowest BCUT2D eigenvalue weighted by atomic mass is 10.1. The molecule has 1 aliphatic rings. The Hall–Kier alpha value is -1.43. The highest BCUT2D eigenvalue weighted by atomic mass is 16.5. The van der Waals surface area contributed by atoms with Crippen LogP contribution < -0.4 is 0 Å². The summed E-state index contributed by atoms with van der Waals surface area (Å²) in [4.78, 5) is 18.1. The molecule has 0 spiro atoms. The lowest BCUT2D eigenvalue weighted by molar-refractivity contribution is -0.142. The zero-order chi connectivity index (χ0) is 15.2. The first-order valence-electron chi connectivity index (χ1n) is 7.70. The number of carbonyl (C=O) groups is 1. The molecule has 0 aliphatic heterocycles. The predicted molar refractivity (Wildman–Crippen MR) is 77.5 cm³/mol. The number of rotatable bonds is 7. The molecule has 0 saturated heterocycles. The summed E-state index contributed by atoms with van der Waals surface area (Å²) in [6.45, 7) is 5.06. The summed E-state index contributed by atoms with van der Waals surface area (Å²) >= 11 is 0. The molecule has 0 aromatic carbocycles. The maximum Gasteiger partial charge on any atom is 0.319 e. The number of esters is 1. The molecule has 0 unspecified atom stereocenters. The van der Waals surface area contributed by atoms with Crippen molar-refractivity contribution >= 4 is 5.97 Å². The Morgan fingerprint density at radius 2 is 2.14 bits per heavy atom. The fourth-order valence-corrected chi connectivity index (χ4v) is 2.78. The van der Waals surface area contributed by atoms with Gasteiger partial charge in [0, 0.05) is 12.5 Å². The Morgan fingerprint density at radius 3 is 2.76 bits per heavy atom. The Labute approximate surface area is 125 Å². The highest BCUT2D eigenvalue weighted by Crippen LogP contribution is 2.24. The summed E-state index contributed by atoms with van der Waals surface area (Å²) in [5.41, 5.74) is 0. The number of hydrogen-bond acceptors (Lipinski definition) is 6. The standard InChI is InChI=1S/C15H25N3O3/c1-11(2)8-14-16-13(17-21-14)9-18(10-15(19)20-3)12-6-4-5-7-12/h11-12H,4-10H2,1-3H3. The smallest absolute Gasteiger partial charge is 0.319 e. The van der Waals surface area contributed by atoms with Crippen molar-refractivity contribution in [2.75, 3.05) is 13.7 Å². The average Bonchev–Trinajstić information content (AvgIpc) is 3.08. The van der Waals surface area contributed by atoms with Crippen molar-refractivity contribution in [3.05, 3.63) is 11.7 Å². The van der Waals surface area contributed by atoms with Gasteiger partial charge in [-0.05, 0) is 18.8 Å². The van der Waals surface area contributed by atoms with Crippen LogP contribution in [0, 0.1) is 5.92 Å². The van der Waals surface area contributed by atoms with Crippen molar-refractivity contribution in [3.8, 4) is 0 Å². The van der Waals surface area contributed by atoms with Gasteiger partial charge in [0.05, 0.1) is 20.2 Å². The second kappa shape index (κ2) is 7.54. The summed E-state index contributed by atoms with van der Waals surface area (Å²) in [6, 6.07) is 0.413. The van der Waals surface area contributed by atoms with Gasteiger partial charge < -0.3 is 9.26 Å². The van der Waals surface area contributed by atoms with E-state index in [1.54, 1.807) is 0 Å². The first-order valence-corrected chi connectivity index (χ1v) is 7.70. The van der Waals surface area contributed by atoms with E-state index in [0.717, 1.165) is 19.3 Å². The molecule has 1 aliphatic carbocycles. The van der Waals surface area contributed by atoms with Crippen molar-refractivity contribution in [1.82, 2.24) is 15.0 Å². The Balaban J connectivity index is 1.99. The minimum absolute atomic E-state index is 0.215. The van der Waals surface area contributed by atoms with Crippen LogP contribution >= 0.6 is 0 Å². The van der Waals surface area contributed by atoms with E-state index in [1.807, 2.05) is 0 Å². The molecular formula is C15H25N3O3. The highest BCUT2D eigenvalue weighted by Gasteiger charge is 2.26. The molecule has 0 amide bonds. The van der Waals surface area contributed by atoms with Gasteiger partial charge in [0.2, 0.25) is 5.89 Å². The normalized spacial score (nSPS) is 16.0. The number of methoxy groups -OCH3 is 1. The molecule has 0 N–H and O–H groups in total. The molecule has 6 heteroatoms. The molecule has 21 heavy (non-hydrogen) atoms. The molecule has 1 saturated carbocycles. The molecule has 1 aromatic rings. The summed E-state index contributed by atoms with van der Waals surface area (Å²) in [5.74, 6) is 1.60. The van der Waals surface area contributed by atoms with Crippen molar-refractivity contribution in [2.45, 2.75) is 58.5 Å². The van der Waals surface area contributed by atoms with Gasteiger partial charge in [-0.1, -0.05) is 31.8 Å². The largest absolute Gasteiger partial charge is 0.468 e. The van der Waals surface area contributed by atoms with Gasteiger partial charge in [0.1, 0.15) is 0 Å². The summed E-state index contributed by atoms with van der Waals surface area (Å²) in [6.07, 6.45) is 5.45. The molecule has 0 bridgehead atoms. The van der Waals surface area contributed by atoms with Crippen LogP contribution in [0.3, 0.4) is 0 Å². The highest BCUT2D eigenvalue weighted by molar-refractivity contribution is 5.71. The van der Waals surface area contributed by atoms with Crippen LogP contribution in [0.25, 0.3) is 0 Å². The van der Waals surface area contributed by atoms with Crippen LogP contribution in [0.4, 0.5) is 0 Å². The molecule has 1 aromatic heterocycles. The fraction of sp³-hybridized carbons (Fsp3) is 0.800. The number of hydrogen-bond donors (Lipinski definition) is 0. The molecule has 6 nitrogen and oxygen atoms in total. The zero-order valence-electron chi connectivity index (χ0n) is 13.2. The van der Waals surface area contributed by atoms with Gasteiger partial charge in [0.15, 0.2) is 5.82 Å². The van der Waals surface area contributed by atoms with Crippen molar-refractivity contribution in [3.63, 3.8) is 0 Å². The van der Waals surface area contributed by atoms with E-state index in [1.165, 1.54) is 20.0 Å². The zero-order valence-corrected chi connectivity index (χ0v) is 13.2. The second-order valence-corrected chi connectivity index (χ2v) is 6.12. The monoisotopic (exact) mass is 295 g/mol. The van der Waals surface area contributed by atoms with Gasteiger partial charge in [-0.15, -0.1) is 0 Å². The van der Waals surface area contributed by atoms with Crippen LogP contribution in [0.15, 0.2) is 4.52 Å². The number of carbonyl (C=O) groups excluding carboxylic acids is 1. The third-order valence-corrected chi connectivity index (χ3v) is 3.84. The third-order valence-electron chi connectivity index (χ3n) is 3.84. The second-order valence-electron chi connectivity index (χ2n) is 6.12. The van der Waals surface area contributed by atoms with E-state index in [2.05, 4.69) is 28.9 Å². The Kier molecular flexibility index (Phi) is 5.73. The van der Waals surface area contributed by atoms with Crippen LogP contribution in [-0.2, 0) is 22.5 Å². The van der Waals surface area contributed by atoms with Gasteiger partial charge in [0.25, 0.3) is 0 Å². The maximum absolute atomic E-state index is 11.6. The molecule has 1 heterocycles. The van der Waals surface area contributed by atoms with Crippen LogP contribution in [0.5, 0.6) is 0 Å². The van der Waals surface area contributed by atoms with Crippen LogP contribution in [0.2, 0.25) is 0 Å². The van der Waals surface area contributed by atoms with E-state index in [0.29, 0.717) is 30.2 Å². The minimum Gasteiger partial charge on any atom is -0.468 e. The Bertz CT molecular complexity index is 453. The topological polar surface area (TPSA) is 68.5 Å². The van der Waals surface area contributed by atoms with E-state index in [-0.39, 0.29) is 12.5 Å². The maximum atomic E-state index is 11.6. The minimum atomic E-state index is -0.215. The average molecular weight is 295 g/mol. The first-order chi connectivity index (χ1) is 10.1. The SMILES string of the molecule is COC(=O)CN(Cc1noc(CC(C)C)n1)C1CCCC1. The van der Waals surface area contributed by atoms with Crippen molar-refractivity contribution < 1.29 is 14.1 Å². The lowest BCUT2D eigenvalue weighted by Crippen LogP contribution is -2.37. The van der Waals surface area contributed by atoms with Crippen molar-refractivity contribution in [1.29, 1.82) is 0 Å². The summed E-state index contributed by atoms with van der Waals surface area (Å²) < 4.78 is 10.1. The first kappa shape index (κ1) is 15.9. The van der Waals surface area contributed by atoms with E-state index in [4.69, 9.17) is 9.26 Å². The van der Waals surface area contributed by atoms with E-state index in [9.17, 15) is 4.79 Å². The quantitative estimate of drug-likeness (QED) is 0.718. The van der Waals surface area contributed by atoms with Gasteiger partial charge in [-0.25, -0.2) is 0 Å². The summed E-state index contributed by atoms with van der Waals surface area (Å²) in [5, 5.41) is 4.03. The summed E-state index contributed by atoms with van der Waals surface area (Å²) in [7, 11) is 1.42. The Morgan fingerprint density at radius 1 is 1.43 bits per heavy atom. The number of ether oxygens (including phenoxy) is 1.